The van der Waals surface area contributed by atoms with Gasteiger partial charge in [-0.1, -0.05) is 54.6 Å². The van der Waals surface area contributed by atoms with Gasteiger partial charge in [0.1, 0.15) is 22.1 Å². The van der Waals surface area contributed by atoms with E-state index >= 15 is 0 Å². The van der Waals surface area contributed by atoms with Crippen LogP contribution in [-0.4, -0.2) is 20.1 Å². The molecule has 0 aliphatic heterocycles. The predicted molar refractivity (Wildman–Crippen MR) is 103 cm³/mol. The summed E-state index contributed by atoms with van der Waals surface area (Å²) >= 11 is 0. The zero-order chi connectivity index (χ0) is 20.4. The summed E-state index contributed by atoms with van der Waals surface area (Å²) in [5.41, 5.74) is 0.934. The summed E-state index contributed by atoms with van der Waals surface area (Å²) in [7, 11) is -4.25. The van der Waals surface area contributed by atoms with Gasteiger partial charge in [0.2, 0.25) is 10.0 Å². The van der Waals surface area contributed by atoms with E-state index in [-0.39, 0.29) is 6.54 Å². The second-order valence-corrected chi connectivity index (χ2v) is 8.35. The van der Waals surface area contributed by atoms with Crippen molar-refractivity contribution in [3.05, 3.63) is 90.0 Å². The Kier molecular flexibility index (Phi) is 5.60. The van der Waals surface area contributed by atoms with Crippen molar-refractivity contribution >= 4 is 10.0 Å². The van der Waals surface area contributed by atoms with Crippen molar-refractivity contribution in [3.63, 3.8) is 0 Å². The van der Waals surface area contributed by atoms with E-state index in [1.807, 2.05) is 42.5 Å². The number of hydrogen-bond acceptors (Lipinski definition) is 3. The van der Waals surface area contributed by atoms with E-state index < -0.39 is 32.2 Å². The van der Waals surface area contributed by atoms with Crippen molar-refractivity contribution < 1.29 is 22.3 Å². The molecule has 0 fully saturated rings. The van der Waals surface area contributed by atoms with Gasteiger partial charge < -0.3 is 5.11 Å². The minimum atomic E-state index is -4.25. The van der Waals surface area contributed by atoms with Crippen molar-refractivity contribution in [2.24, 2.45) is 0 Å². The van der Waals surface area contributed by atoms with Gasteiger partial charge in [0.05, 0.1) is 0 Å². The molecule has 1 atom stereocenters. The molecule has 0 spiro atoms. The first-order chi connectivity index (χ1) is 13.2. The van der Waals surface area contributed by atoms with Gasteiger partial charge in [0.15, 0.2) is 0 Å². The van der Waals surface area contributed by atoms with Crippen molar-refractivity contribution in [1.29, 1.82) is 0 Å². The maximum Gasteiger partial charge on any atom is 0.243 e. The topological polar surface area (TPSA) is 66.4 Å². The molecule has 3 aromatic rings. The molecule has 0 amide bonds. The summed E-state index contributed by atoms with van der Waals surface area (Å²) in [6.07, 6.45) is 0. The van der Waals surface area contributed by atoms with Crippen LogP contribution in [0.4, 0.5) is 8.78 Å². The van der Waals surface area contributed by atoms with E-state index in [4.69, 9.17) is 0 Å². The minimum Gasteiger partial charge on any atom is -0.384 e. The molecule has 7 heteroatoms. The van der Waals surface area contributed by atoms with Crippen LogP contribution in [0.5, 0.6) is 0 Å². The Morgan fingerprint density at radius 3 is 2.14 bits per heavy atom. The number of hydrogen-bond donors (Lipinski definition) is 2. The summed E-state index contributed by atoms with van der Waals surface area (Å²) in [5, 5.41) is 10.7. The summed E-state index contributed by atoms with van der Waals surface area (Å²) in [4.78, 5) is -0.677. The lowest BCUT2D eigenvalue weighted by Crippen LogP contribution is -2.38. The summed E-state index contributed by atoms with van der Waals surface area (Å²) in [5.74, 6) is -2.07. The Hall–Kier alpha value is -2.61. The van der Waals surface area contributed by atoms with E-state index in [0.717, 1.165) is 23.3 Å². The molecule has 0 aliphatic rings. The van der Waals surface area contributed by atoms with Crippen LogP contribution in [0.1, 0.15) is 12.5 Å². The van der Waals surface area contributed by atoms with Crippen LogP contribution in [0.3, 0.4) is 0 Å². The zero-order valence-corrected chi connectivity index (χ0v) is 15.9. The molecule has 4 nitrogen and oxygen atoms in total. The molecule has 28 heavy (non-hydrogen) atoms. The summed E-state index contributed by atoms with van der Waals surface area (Å²) < 4.78 is 53.5. The van der Waals surface area contributed by atoms with Crippen LogP contribution in [0.2, 0.25) is 0 Å². The Labute approximate surface area is 162 Å². The van der Waals surface area contributed by atoms with Gasteiger partial charge in [-0.2, -0.15) is 0 Å². The van der Waals surface area contributed by atoms with Crippen molar-refractivity contribution in [1.82, 2.24) is 4.72 Å². The van der Waals surface area contributed by atoms with Crippen LogP contribution >= 0.6 is 0 Å². The molecule has 1 unspecified atom stereocenters. The summed E-state index contributed by atoms with van der Waals surface area (Å²) in [6, 6.07) is 18.9. The highest BCUT2D eigenvalue weighted by Gasteiger charge is 2.27. The van der Waals surface area contributed by atoms with E-state index in [9.17, 15) is 22.3 Å². The van der Waals surface area contributed by atoms with Gasteiger partial charge in [0, 0.05) is 12.6 Å². The van der Waals surface area contributed by atoms with Crippen LogP contribution in [0, 0.1) is 11.6 Å². The fourth-order valence-corrected chi connectivity index (χ4v) is 3.95. The standard InChI is InChI=1S/C21H19F2NO3S/c1-21(25,14-24-28(26,27)20-12-11-18(22)13-19(20)23)17-9-7-16(8-10-17)15-5-3-2-4-6-15/h2-13,24-25H,14H2,1H3. The lowest BCUT2D eigenvalue weighted by molar-refractivity contribution is 0.0627. The molecule has 0 aromatic heterocycles. The van der Waals surface area contributed by atoms with Crippen LogP contribution < -0.4 is 4.72 Å². The van der Waals surface area contributed by atoms with Crippen LogP contribution in [0.15, 0.2) is 77.7 Å². The molecule has 0 saturated carbocycles. The molecule has 2 N–H and O–H groups in total. The van der Waals surface area contributed by atoms with Crippen molar-refractivity contribution in [2.75, 3.05) is 6.54 Å². The van der Waals surface area contributed by atoms with E-state index in [2.05, 4.69) is 4.72 Å². The molecule has 0 heterocycles. The molecular formula is C21H19F2NO3S. The third kappa shape index (κ3) is 4.44. The molecule has 0 bridgehead atoms. The lowest BCUT2D eigenvalue weighted by atomic mass is 9.94. The average Bonchev–Trinajstić information content (AvgIpc) is 2.67. The number of nitrogens with one attached hydrogen (secondary N) is 1. The first-order valence-electron chi connectivity index (χ1n) is 8.52. The molecule has 0 radical (unpaired) electrons. The fraction of sp³-hybridized carbons (Fsp3) is 0.143. The van der Waals surface area contributed by atoms with Crippen LogP contribution in [0.25, 0.3) is 11.1 Å². The third-order valence-corrected chi connectivity index (χ3v) is 5.84. The maximum absolute atomic E-state index is 13.8. The smallest absolute Gasteiger partial charge is 0.243 e. The van der Waals surface area contributed by atoms with E-state index in [1.54, 1.807) is 12.1 Å². The average molecular weight is 403 g/mol. The van der Waals surface area contributed by atoms with Crippen molar-refractivity contribution in [2.45, 2.75) is 17.4 Å². The quantitative estimate of drug-likeness (QED) is 0.658. The number of sulfonamides is 1. The Morgan fingerprint density at radius 1 is 0.929 bits per heavy atom. The first-order valence-corrected chi connectivity index (χ1v) is 10.0. The number of benzene rings is 3. The zero-order valence-electron chi connectivity index (χ0n) is 15.1. The Morgan fingerprint density at radius 2 is 1.54 bits per heavy atom. The fourth-order valence-electron chi connectivity index (χ4n) is 2.76. The number of aliphatic hydroxyl groups is 1. The molecule has 3 aromatic carbocycles. The van der Waals surface area contributed by atoms with Gasteiger partial charge in [-0.05, 0) is 35.7 Å². The Bertz CT molecular complexity index is 1070. The largest absolute Gasteiger partial charge is 0.384 e. The molecule has 146 valence electrons. The molecular weight excluding hydrogens is 384 g/mol. The molecule has 0 aliphatic carbocycles. The highest BCUT2D eigenvalue weighted by molar-refractivity contribution is 7.89. The van der Waals surface area contributed by atoms with Gasteiger partial charge in [-0.15, -0.1) is 0 Å². The third-order valence-electron chi connectivity index (χ3n) is 4.40. The van der Waals surface area contributed by atoms with Gasteiger partial charge >= 0.3 is 0 Å². The second kappa shape index (κ2) is 7.79. The lowest BCUT2D eigenvalue weighted by Gasteiger charge is -2.24. The highest BCUT2D eigenvalue weighted by atomic mass is 32.2. The summed E-state index contributed by atoms with van der Waals surface area (Å²) in [6.45, 7) is 1.07. The molecule has 0 saturated heterocycles. The SMILES string of the molecule is CC(O)(CNS(=O)(=O)c1ccc(F)cc1F)c1ccc(-c2ccccc2)cc1. The van der Waals surface area contributed by atoms with Gasteiger partial charge in [-0.3, -0.25) is 0 Å². The monoisotopic (exact) mass is 403 g/mol. The van der Waals surface area contributed by atoms with Gasteiger partial charge in [-0.25, -0.2) is 21.9 Å². The van der Waals surface area contributed by atoms with Crippen molar-refractivity contribution in [3.8, 4) is 11.1 Å². The first kappa shape index (κ1) is 20.1. The molecule has 3 rings (SSSR count). The minimum absolute atomic E-state index is 0.378. The Balaban J connectivity index is 1.76. The van der Waals surface area contributed by atoms with E-state index in [1.165, 1.54) is 6.92 Å². The predicted octanol–water partition coefficient (Wildman–Crippen LogP) is 3.82. The number of halogens is 2. The van der Waals surface area contributed by atoms with Gasteiger partial charge in [0.25, 0.3) is 0 Å². The highest BCUT2D eigenvalue weighted by Crippen LogP contribution is 2.25. The normalized spacial score (nSPS) is 13.9. The maximum atomic E-state index is 13.8. The second-order valence-electron chi connectivity index (χ2n) is 6.62. The van der Waals surface area contributed by atoms with Crippen LogP contribution in [-0.2, 0) is 15.6 Å². The van der Waals surface area contributed by atoms with E-state index in [0.29, 0.717) is 11.6 Å². The number of rotatable bonds is 6.